The Labute approximate surface area is 150 Å². The van der Waals surface area contributed by atoms with E-state index in [0.29, 0.717) is 24.0 Å². The first-order valence-electron chi connectivity index (χ1n) is 8.56. The molecule has 0 saturated heterocycles. The second kappa shape index (κ2) is 6.33. The lowest BCUT2D eigenvalue weighted by atomic mass is 10.0. The molecular formula is C21H19FN2O2. The molecule has 4 aromatic rings. The zero-order valence-corrected chi connectivity index (χ0v) is 14.7. The highest BCUT2D eigenvalue weighted by Crippen LogP contribution is 2.27. The van der Waals surface area contributed by atoms with Crippen molar-refractivity contribution >= 4 is 27.8 Å². The van der Waals surface area contributed by atoms with Crippen molar-refractivity contribution in [3.63, 3.8) is 0 Å². The van der Waals surface area contributed by atoms with Crippen LogP contribution in [-0.4, -0.2) is 17.4 Å². The fraction of sp³-hybridized carbons (Fsp3) is 0.190. The van der Waals surface area contributed by atoms with Crippen LogP contribution in [-0.2, 0) is 6.42 Å². The molecule has 0 unspecified atom stereocenters. The average molecular weight is 350 g/mol. The summed E-state index contributed by atoms with van der Waals surface area (Å²) in [4.78, 5) is 15.5. The van der Waals surface area contributed by atoms with Crippen molar-refractivity contribution in [2.45, 2.75) is 20.3 Å². The molecule has 1 amide bonds. The summed E-state index contributed by atoms with van der Waals surface area (Å²) < 4.78 is 19.3. The van der Waals surface area contributed by atoms with Crippen molar-refractivity contribution in [2.24, 2.45) is 0 Å². The Balaban J connectivity index is 1.51. The van der Waals surface area contributed by atoms with Gasteiger partial charge >= 0.3 is 0 Å². The highest BCUT2D eigenvalue weighted by molar-refractivity contribution is 5.97. The third kappa shape index (κ3) is 2.75. The van der Waals surface area contributed by atoms with Gasteiger partial charge in [0, 0.05) is 28.6 Å². The van der Waals surface area contributed by atoms with Crippen LogP contribution in [0.25, 0.3) is 21.9 Å². The maximum absolute atomic E-state index is 14.0. The SMILES string of the molecule is Cc1[nH]c2c(F)ccc(C)c2c1CCNC(=O)c1ccc2occc2c1. The first kappa shape index (κ1) is 16.4. The maximum Gasteiger partial charge on any atom is 0.251 e. The van der Waals surface area contributed by atoms with Gasteiger partial charge in [0.25, 0.3) is 5.91 Å². The summed E-state index contributed by atoms with van der Waals surface area (Å²) >= 11 is 0. The maximum atomic E-state index is 14.0. The van der Waals surface area contributed by atoms with E-state index in [1.165, 1.54) is 6.07 Å². The Morgan fingerprint density at radius 3 is 2.88 bits per heavy atom. The Morgan fingerprint density at radius 1 is 1.19 bits per heavy atom. The standard InChI is InChI=1S/C21H19FN2O2/c1-12-3-5-17(22)20-19(12)16(13(2)24-20)7-9-23-21(25)15-4-6-18-14(11-15)8-10-26-18/h3-6,8,10-11,24H,7,9H2,1-2H3,(H,23,25). The zero-order chi connectivity index (χ0) is 18.3. The van der Waals surface area contributed by atoms with Crippen LogP contribution in [0, 0.1) is 19.7 Å². The molecule has 0 aliphatic carbocycles. The van der Waals surface area contributed by atoms with Gasteiger partial charge in [-0.25, -0.2) is 4.39 Å². The molecule has 0 fully saturated rings. The number of carbonyl (C=O) groups is 1. The second-order valence-electron chi connectivity index (χ2n) is 6.52. The van der Waals surface area contributed by atoms with Gasteiger partial charge in [0.2, 0.25) is 0 Å². The zero-order valence-electron chi connectivity index (χ0n) is 14.7. The minimum absolute atomic E-state index is 0.131. The number of furan rings is 1. The van der Waals surface area contributed by atoms with Crippen molar-refractivity contribution in [1.82, 2.24) is 10.3 Å². The topological polar surface area (TPSA) is 58.0 Å². The molecule has 4 rings (SSSR count). The first-order chi connectivity index (χ1) is 12.5. The number of nitrogens with one attached hydrogen (secondary N) is 2. The van der Waals surface area contributed by atoms with Crippen molar-refractivity contribution in [2.75, 3.05) is 6.54 Å². The molecule has 26 heavy (non-hydrogen) atoms. The molecule has 5 heteroatoms. The highest BCUT2D eigenvalue weighted by Gasteiger charge is 2.14. The molecule has 0 bridgehead atoms. The van der Waals surface area contributed by atoms with Gasteiger partial charge in [-0.3, -0.25) is 4.79 Å². The number of aromatic nitrogens is 1. The summed E-state index contributed by atoms with van der Waals surface area (Å²) in [7, 11) is 0. The van der Waals surface area contributed by atoms with E-state index < -0.39 is 0 Å². The number of halogens is 1. The Hall–Kier alpha value is -3.08. The van der Waals surface area contributed by atoms with E-state index in [2.05, 4.69) is 10.3 Å². The van der Waals surface area contributed by atoms with Crippen LogP contribution in [0.1, 0.15) is 27.2 Å². The molecule has 0 aliphatic rings. The van der Waals surface area contributed by atoms with E-state index in [1.54, 1.807) is 24.5 Å². The lowest BCUT2D eigenvalue weighted by molar-refractivity contribution is 0.0954. The summed E-state index contributed by atoms with van der Waals surface area (Å²) in [6, 6.07) is 10.4. The molecule has 132 valence electrons. The highest BCUT2D eigenvalue weighted by atomic mass is 19.1. The molecule has 2 heterocycles. The van der Waals surface area contributed by atoms with E-state index in [1.807, 2.05) is 26.0 Å². The van der Waals surface area contributed by atoms with Crippen LogP contribution in [0.4, 0.5) is 4.39 Å². The molecule has 0 radical (unpaired) electrons. The number of carbonyl (C=O) groups excluding carboxylic acids is 1. The first-order valence-corrected chi connectivity index (χ1v) is 8.56. The number of hydrogen-bond donors (Lipinski definition) is 2. The van der Waals surface area contributed by atoms with Crippen LogP contribution in [0.2, 0.25) is 0 Å². The van der Waals surface area contributed by atoms with Crippen LogP contribution < -0.4 is 5.32 Å². The predicted octanol–water partition coefficient (Wildman–Crippen LogP) is 4.64. The van der Waals surface area contributed by atoms with Gasteiger partial charge in [-0.15, -0.1) is 0 Å². The fourth-order valence-electron chi connectivity index (χ4n) is 3.47. The number of benzene rings is 2. The van der Waals surface area contributed by atoms with E-state index in [0.717, 1.165) is 33.2 Å². The van der Waals surface area contributed by atoms with Gasteiger partial charge in [0.1, 0.15) is 11.4 Å². The Bertz CT molecular complexity index is 1120. The second-order valence-corrected chi connectivity index (χ2v) is 6.52. The van der Waals surface area contributed by atoms with Gasteiger partial charge in [0.15, 0.2) is 0 Å². The summed E-state index contributed by atoms with van der Waals surface area (Å²) in [5, 5.41) is 4.76. The molecule has 0 aliphatic heterocycles. The fourth-order valence-corrected chi connectivity index (χ4v) is 3.47. The molecule has 0 saturated carbocycles. The number of H-pyrrole nitrogens is 1. The van der Waals surface area contributed by atoms with Gasteiger partial charge in [-0.05, 0) is 61.7 Å². The van der Waals surface area contributed by atoms with E-state index in [-0.39, 0.29) is 11.7 Å². The van der Waals surface area contributed by atoms with Crippen molar-refractivity contribution in [1.29, 1.82) is 0 Å². The van der Waals surface area contributed by atoms with Crippen LogP contribution in [0.5, 0.6) is 0 Å². The lowest BCUT2D eigenvalue weighted by Gasteiger charge is -2.07. The Morgan fingerprint density at radius 2 is 2.04 bits per heavy atom. The molecule has 2 N–H and O–H groups in total. The molecule has 4 nitrogen and oxygen atoms in total. The van der Waals surface area contributed by atoms with Crippen molar-refractivity contribution in [3.8, 4) is 0 Å². The monoisotopic (exact) mass is 350 g/mol. The molecule has 2 aromatic carbocycles. The predicted molar refractivity (Wildman–Crippen MR) is 100.0 cm³/mol. The number of fused-ring (bicyclic) bond motifs is 2. The number of amides is 1. The minimum Gasteiger partial charge on any atom is -0.464 e. The molecular weight excluding hydrogens is 331 g/mol. The van der Waals surface area contributed by atoms with Crippen LogP contribution in [0.15, 0.2) is 47.1 Å². The van der Waals surface area contributed by atoms with Crippen molar-refractivity contribution < 1.29 is 13.6 Å². The lowest BCUT2D eigenvalue weighted by Crippen LogP contribution is -2.25. The van der Waals surface area contributed by atoms with Crippen molar-refractivity contribution in [3.05, 3.63) is 70.9 Å². The van der Waals surface area contributed by atoms with Gasteiger partial charge in [-0.1, -0.05) is 6.07 Å². The van der Waals surface area contributed by atoms with Gasteiger partial charge in [0.05, 0.1) is 11.8 Å². The van der Waals surface area contributed by atoms with E-state index >= 15 is 0 Å². The molecule has 0 spiro atoms. The molecule has 2 aromatic heterocycles. The quantitative estimate of drug-likeness (QED) is 0.563. The summed E-state index contributed by atoms with van der Waals surface area (Å²) in [5.74, 6) is -0.383. The summed E-state index contributed by atoms with van der Waals surface area (Å²) in [6.07, 6.45) is 2.24. The minimum atomic E-state index is -0.252. The smallest absolute Gasteiger partial charge is 0.251 e. The van der Waals surface area contributed by atoms with Gasteiger partial charge < -0.3 is 14.7 Å². The normalized spacial score (nSPS) is 11.3. The summed E-state index contributed by atoms with van der Waals surface area (Å²) in [5.41, 5.74) is 4.89. The number of aromatic amines is 1. The largest absolute Gasteiger partial charge is 0.464 e. The van der Waals surface area contributed by atoms with Crippen LogP contribution in [0.3, 0.4) is 0 Å². The number of aryl methyl sites for hydroxylation is 2. The third-order valence-corrected chi connectivity index (χ3v) is 4.80. The van der Waals surface area contributed by atoms with E-state index in [4.69, 9.17) is 4.42 Å². The van der Waals surface area contributed by atoms with Crippen LogP contribution >= 0.6 is 0 Å². The average Bonchev–Trinajstić information content (AvgIpc) is 3.22. The Kier molecular flexibility index (Phi) is 3.99. The van der Waals surface area contributed by atoms with Gasteiger partial charge in [-0.2, -0.15) is 0 Å². The molecule has 0 atom stereocenters. The number of hydrogen-bond acceptors (Lipinski definition) is 2. The third-order valence-electron chi connectivity index (χ3n) is 4.80. The number of rotatable bonds is 4. The summed E-state index contributed by atoms with van der Waals surface area (Å²) in [6.45, 7) is 4.38. The van der Waals surface area contributed by atoms with E-state index in [9.17, 15) is 9.18 Å².